The van der Waals surface area contributed by atoms with E-state index < -0.39 is 11.7 Å². The van der Waals surface area contributed by atoms with Crippen molar-refractivity contribution in [1.29, 1.82) is 0 Å². The third kappa shape index (κ3) is 5.99. The molecule has 2 aromatic heterocycles. The molecule has 0 unspecified atom stereocenters. The minimum Gasteiger partial charge on any atom is -0.360 e. The maximum absolute atomic E-state index is 13.0. The highest BCUT2D eigenvalue weighted by Crippen LogP contribution is 2.44. The third-order valence-corrected chi connectivity index (χ3v) is 8.16. The maximum atomic E-state index is 13.0. The summed E-state index contributed by atoms with van der Waals surface area (Å²) in [6.45, 7) is 13.4. The Kier molecular flexibility index (Phi) is 7.75. The molecule has 4 aromatic rings. The molecule has 204 valence electrons. The number of hydrogen-bond acceptors (Lipinski definition) is 8. The molecule has 0 aliphatic carbocycles. The van der Waals surface area contributed by atoms with E-state index in [1.807, 2.05) is 70.3 Å². The van der Waals surface area contributed by atoms with Gasteiger partial charge in [-0.3, -0.25) is 4.79 Å². The Morgan fingerprint density at radius 2 is 1.77 bits per heavy atom. The lowest BCUT2D eigenvalue weighted by atomic mass is 9.90. The van der Waals surface area contributed by atoms with Gasteiger partial charge in [-0.2, -0.15) is 0 Å². The van der Waals surface area contributed by atoms with Gasteiger partial charge in [-0.05, 0) is 77.1 Å². The summed E-state index contributed by atoms with van der Waals surface area (Å²) >= 11 is 7.79. The fourth-order valence-electron chi connectivity index (χ4n) is 4.91. The number of nitrogens with zero attached hydrogens (tertiary/aromatic N) is 5. The van der Waals surface area contributed by atoms with Crippen LogP contribution in [0.2, 0.25) is 5.02 Å². The number of hydrogen-bond donors (Lipinski definition) is 0. The second-order valence-corrected chi connectivity index (χ2v) is 12.5. The first-order valence-electron chi connectivity index (χ1n) is 13.2. The number of benzene rings is 2. The summed E-state index contributed by atoms with van der Waals surface area (Å²) < 4.78 is 7.32. The van der Waals surface area contributed by atoms with E-state index in [0.29, 0.717) is 10.8 Å². The molecule has 7 nitrogen and oxygen atoms in total. The van der Waals surface area contributed by atoms with Crippen LogP contribution in [0.15, 0.2) is 42.6 Å². The van der Waals surface area contributed by atoms with Crippen LogP contribution < -0.4 is 4.90 Å². The molecule has 1 atom stereocenters. The number of ketones is 1. The molecule has 0 spiro atoms. The molecule has 39 heavy (non-hydrogen) atoms. The van der Waals surface area contributed by atoms with Crippen molar-refractivity contribution in [3.8, 4) is 22.0 Å². The van der Waals surface area contributed by atoms with E-state index in [4.69, 9.17) is 26.3 Å². The largest absolute Gasteiger partial charge is 0.360 e. The Balaban J connectivity index is 1.67. The van der Waals surface area contributed by atoms with Crippen molar-refractivity contribution in [1.82, 2.24) is 19.9 Å². The molecule has 3 heterocycles. The lowest BCUT2D eigenvalue weighted by Gasteiger charge is -2.33. The van der Waals surface area contributed by atoms with Crippen molar-refractivity contribution in [3.05, 3.63) is 58.7 Å². The van der Waals surface area contributed by atoms with Crippen LogP contribution >= 0.6 is 22.9 Å². The molecule has 1 fully saturated rings. The van der Waals surface area contributed by atoms with Gasteiger partial charge in [0.1, 0.15) is 11.9 Å². The van der Waals surface area contributed by atoms with Crippen molar-refractivity contribution < 1.29 is 9.53 Å². The number of thiazole rings is 1. The standard InChI is InChI=1S/C30H34ClN5O2S/c1-18-17-22-27(39-29(33-22)28-32-12-11-23(34-28)36-15-13-35(6)14-16-36)25(20-7-9-21(31)10-8-20)24(18)26(19(2)37)38-30(3,4)5/h7-12,17,26H,13-16H2,1-6H3/t26-/m1/s1. The summed E-state index contributed by atoms with van der Waals surface area (Å²) in [6.07, 6.45) is 1.09. The number of aromatic nitrogens is 3. The predicted octanol–water partition coefficient (Wildman–Crippen LogP) is 6.58. The second kappa shape index (κ2) is 10.9. The Morgan fingerprint density at radius 1 is 1.08 bits per heavy atom. The molecule has 9 heteroatoms. The highest BCUT2D eigenvalue weighted by atomic mass is 35.5. The Labute approximate surface area is 238 Å². The number of ether oxygens (including phenoxy) is 1. The van der Waals surface area contributed by atoms with Crippen LogP contribution in [0.25, 0.3) is 32.2 Å². The monoisotopic (exact) mass is 563 g/mol. The molecule has 0 radical (unpaired) electrons. The number of rotatable bonds is 6. The molecule has 5 rings (SSSR count). The number of aryl methyl sites for hydroxylation is 1. The van der Waals surface area contributed by atoms with Gasteiger partial charge in [-0.25, -0.2) is 15.0 Å². The van der Waals surface area contributed by atoms with E-state index in [2.05, 4.69) is 21.8 Å². The van der Waals surface area contributed by atoms with Gasteiger partial charge in [-0.1, -0.05) is 23.7 Å². The van der Waals surface area contributed by atoms with E-state index in [-0.39, 0.29) is 5.78 Å². The Bertz CT molecular complexity index is 1500. The van der Waals surface area contributed by atoms with Crippen molar-refractivity contribution in [2.45, 2.75) is 46.3 Å². The molecule has 0 N–H and O–H groups in total. The third-order valence-electron chi connectivity index (χ3n) is 6.82. The van der Waals surface area contributed by atoms with Crippen LogP contribution in [-0.4, -0.2) is 64.5 Å². The van der Waals surface area contributed by atoms with Gasteiger partial charge < -0.3 is 14.5 Å². The van der Waals surface area contributed by atoms with E-state index in [1.54, 1.807) is 6.92 Å². The zero-order valence-corrected chi connectivity index (χ0v) is 24.9. The number of anilines is 1. The number of likely N-dealkylation sites (N-methyl/N-ethyl adjacent to an activating group) is 1. The molecule has 0 amide bonds. The van der Waals surface area contributed by atoms with E-state index in [0.717, 1.165) is 69.5 Å². The summed E-state index contributed by atoms with van der Waals surface area (Å²) in [5.41, 5.74) is 4.02. The van der Waals surface area contributed by atoms with Gasteiger partial charge in [0.05, 0.1) is 15.8 Å². The van der Waals surface area contributed by atoms with Crippen LogP contribution in [0.5, 0.6) is 0 Å². The summed E-state index contributed by atoms with van der Waals surface area (Å²) in [6, 6.07) is 11.7. The highest BCUT2D eigenvalue weighted by Gasteiger charge is 2.30. The summed E-state index contributed by atoms with van der Waals surface area (Å²) in [7, 11) is 2.14. The SMILES string of the molecule is CC(=O)[C@@H](OC(C)(C)C)c1c(C)cc2nc(-c3nccc(N4CCN(C)CC4)n3)sc2c1-c1ccc(Cl)cc1. The zero-order valence-electron chi connectivity index (χ0n) is 23.3. The minimum absolute atomic E-state index is 0.0458. The zero-order chi connectivity index (χ0) is 27.9. The van der Waals surface area contributed by atoms with Crippen molar-refractivity contribution >= 4 is 44.8 Å². The highest BCUT2D eigenvalue weighted by molar-refractivity contribution is 7.22. The van der Waals surface area contributed by atoms with Gasteiger partial charge in [0.25, 0.3) is 0 Å². The van der Waals surface area contributed by atoms with Crippen molar-refractivity contribution in [2.75, 3.05) is 38.1 Å². The van der Waals surface area contributed by atoms with Gasteiger partial charge in [0, 0.05) is 48.5 Å². The molecule has 1 aliphatic heterocycles. The fraction of sp³-hybridized carbons (Fsp3) is 0.400. The van der Waals surface area contributed by atoms with E-state index in [9.17, 15) is 4.79 Å². The molecule has 0 bridgehead atoms. The molecule has 1 saturated heterocycles. The molecular weight excluding hydrogens is 530 g/mol. The first-order chi connectivity index (χ1) is 18.5. The lowest BCUT2D eigenvalue weighted by molar-refractivity contribution is -0.138. The van der Waals surface area contributed by atoms with Gasteiger partial charge in [-0.15, -0.1) is 11.3 Å². The molecule has 2 aromatic carbocycles. The van der Waals surface area contributed by atoms with Crippen LogP contribution in [0, 0.1) is 6.92 Å². The molecule has 0 saturated carbocycles. The summed E-state index contributed by atoms with van der Waals surface area (Å²) in [5.74, 6) is 1.47. The molecule has 1 aliphatic rings. The molecular formula is C30H34ClN5O2S. The minimum atomic E-state index is -0.720. The first-order valence-corrected chi connectivity index (χ1v) is 14.3. The quantitative estimate of drug-likeness (QED) is 0.262. The summed E-state index contributed by atoms with van der Waals surface area (Å²) in [4.78, 5) is 32.1. The van der Waals surface area contributed by atoms with Gasteiger partial charge >= 0.3 is 0 Å². The topological polar surface area (TPSA) is 71.5 Å². The number of carbonyl (C=O) groups excluding carboxylic acids is 1. The number of Topliss-reactive ketones (excluding diaryl/α,β-unsaturated/α-hetero) is 1. The van der Waals surface area contributed by atoms with Crippen LogP contribution in [0.4, 0.5) is 5.82 Å². The summed E-state index contributed by atoms with van der Waals surface area (Å²) in [5, 5.41) is 1.39. The van der Waals surface area contributed by atoms with Crippen LogP contribution in [-0.2, 0) is 9.53 Å². The second-order valence-electron chi connectivity index (χ2n) is 11.1. The van der Waals surface area contributed by atoms with Gasteiger partial charge in [0.2, 0.25) is 0 Å². The van der Waals surface area contributed by atoms with E-state index >= 15 is 0 Å². The van der Waals surface area contributed by atoms with E-state index in [1.165, 1.54) is 11.3 Å². The number of piperazine rings is 1. The van der Waals surface area contributed by atoms with Crippen LogP contribution in [0.1, 0.15) is 44.9 Å². The average molecular weight is 564 g/mol. The number of halogens is 1. The number of fused-ring (bicyclic) bond motifs is 1. The maximum Gasteiger partial charge on any atom is 0.190 e. The normalized spacial score (nSPS) is 15.6. The van der Waals surface area contributed by atoms with Crippen molar-refractivity contribution in [2.24, 2.45) is 0 Å². The van der Waals surface area contributed by atoms with Gasteiger partial charge in [0.15, 0.2) is 16.6 Å². The Hall–Kier alpha value is -2.91. The lowest BCUT2D eigenvalue weighted by Crippen LogP contribution is -2.44. The fourth-order valence-corrected chi connectivity index (χ4v) is 6.10. The van der Waals surface area contributed by atoms with Crippen LogP contribution in [0.3, 0.4) is 0 Å². The predicted molar refractivity (Wildman–Crippen MR) is 160 cm³/mol. The first kappa shape index (κ1) is 27.6. The number of carbonyl (C=O) groups is 1. The Morgan fingerprint density at radius 3 is 2.41 bits per heavy atom. The average Bonchev–Trinajstić information content (AvgIpc) is 3.31. The smallest absolute Gasteiger partial charge is 0.190 e. The van der Waals surface area contributed by atoms with Crippen molar-refractivity contribution in [3.63, 3.8) is 0 Å².